The average molecular weight is 305 g/mol. The van der Waals surface area contributed by atoms with Crippen molar-refractivity contribution in [2.75, 3.05) is 11.4 Å². The predicted molar refractivity (Wildman–Crippen MR) is 80.5 cm³/mol. The molecule has 18 heavy (non-hydrogen) atoms. The number of anilines is 2. The summed E-state index contributed by atoms with van der Waals surface area (Å²) in [5, 5.41) is 0. The molecule has 3 heteroatoms. The lowest BCUT2D eigenvalue weighted by Crippen LogP contribution is -2.18. The highest BCUT2D eigenvalue weighted by Crippen LogP contribution is 2.28. The Kier molecular flexibility index (Phi) is 4.02. The molecule has 0 aliphatic rings. The van der Waals surface area contributed by atoms with Crippen LogP contribution in [0.5, 0.6) is 0 Å². The van der Waals surface area contributed by atoms with Crippen LogP contribution in [-0.2, 0) is 0 Å². The van der Waals surface area contributed by atoms with Crippen molar-refractivity contribution in [1.29, 1.82) is 0 Å². The van der Waals surface area contributed by atoms with Crippen molar-refractivity contribution in [2.45, 2.75) is 20.8 Å². The summed E-state index contributed by atoms with van der Waals surface area (Å²) >= 11 is 3.49. The molecule has 0 aliphatic heterocycles. The molecule has 94 valence electrons. The Morgan fingerprint density at radius 1 is 1.17 bits per heavy atom. The topological polar surface area (TPSA) is 16.1 Å². The molecular formula is C15H17BrN2. The smallest absolute Gasteiger partial charge is 0.133 e. The molecule has 0 spiro atoms. The summed E-state index contributed by atoms with van der Waals surface area (Å²) in [6, 6.07) is 10.5. The van der Waals surface area contributed by atoms with E-state index >= 15 is 0 Å². The van der Waals surface area contributed by atoms with Crippen molar-refractivity contribution < 1.29 is 0 Å². The SMILES string of the molecule is CCN(c1cc(C)c(Br)cn1)c1ccccc1C. The van der Waals surface area contributed by atoms with E-state index in [-0.39, 0.29) is 0 Å². The van der Waals surface area contributed by atoms with E-state index in [0.717, 1.165) is 16.8 Å². The molecule has 1 heterocycles. The van der Waals surface area contributed by atoms with Crippen LogP contribution in [-0.4, -0.2) is 11.5 Å². The fraction of sp³-hybridized carbons (Fsp3) is 0.267. The number of aromatic nitrogens is 1. The monoisotopic (exact) mass is 304 g/mol. The Morgan fingerprint density at radius 3 is 2.50 bits per heavy atom. The molecule has 0 amide bonds. The Morgan fingerprint density at radius 2 is 1.89 bits per heavy atom. The summed E-state index contributed by atoms with van der Waals surface area (Å²) in [6.07, 6.45) is 1.87. The van der Waals surface area contributed by atoms with E-state index in [1.165, 1.54) is 16.8 Å². The number of benzene rings is 1. The van der Waals surface area contributed by atoms with Gasteiger partial charge in [-0.05, 0) is 60.0 Å². The molecule has 0 aliphatic carbocycles. The normalized spacial score (nSPS) is 10.4. The van der Waals surface area contributed by atoms with Crippen molar-refractivity contribution >= 4 is 27.4 Å². The second-order valence-electron chi connectivity index (χ2n) is 4.32. The van der Waals surface area contributed by atoms with E-state index in [1.54, 1.807) is 0 Å². The number of hydrogen-bond acceptors (Lipinski definition) is 2. The molecule has 0 saturated carbocycles. The maximum atomic E-state index is 4.51. The van der Waals surface area contributed by atoms with Gasteiger partial charge < -0.3 is 4.90 Å². The average Bonchev–Trinajstić information content (AvgIpc) is 2.37. The van der Waals surface area contributed by atoms with Crippen LogP contribution in [0.3, 0.4) is 0 Å². The van der Waals surface area contributed by atoms with Gasteiger partial charge in [0.15, 0.2) is 0 Å². The molecule has 2 rings (SSSR count). The minimum atomic E-state index is 0.902. The molecule has 0 radical (unpaired) electrons. The highest BCUT2D eigenvalue weighted by molar-refractivity contribution is 9.10. The standard InChI is InChI=1S/C15H17BrN2/c1-4-18(14-8-6-5-7-11(14)2)15-9-12(3)13(16)10-17-15/h5-10H,4H2,1-3H3. The number of halogens is 1. The second kappa shape index (κ2) is 5.53. The van der Waals surface area contributed by atoms with Crippen LogP contribution in [0.15, 0.2) is 41.0 Å². The van der Waals surface area contributed by atoms with Crippen LogP contribution in [0.1, 0.15) is 18.1 Å². The van der Waals surface area contributed by atoms with Crippen LogP contribution in [0.2, 0.25) is 0 Å². The van der Waals surface area contributed by atoms with Crippen molar-refractivity contribution in [2.24, 2.45) is 0 Å². The van der Waals surface area contributed by atoms with E-state index in [1.807, 2.05) is 6.20 Å². The van der Waals surface area contributed by atoms with Crippen molar-refractivity contribution in [3.63, 3.8) is 0 Å². The zero-order valence-electron chi connectivity index (χ0n) is 10.9. The first-order chi connectivity index (χ1) is 8.63. The molecule has 1 aromatic carbocycles. The van der Waals surface area contributed by atoms with Gasteiger partial charge in [0, 0.05) is 22.9 Å². The predicted octanol–water partition coefficient (Wildman–Crippen LogP) is 4.62. The minimum Gasteiger partial charge on any atom is -0.326 e. The van der Waals surface area contributed by atoms with Gasteiger partial charge in [0.2, 0.25) is 0 Å². The summed E-state index contributed by atoms with van der Waals surface area (Å²) in [4.78, 5) is 6.74. The van der Waals surface area contributed by atoms with Gasteiger partial charge in [0.1, 0.15) is 5.82 Å². The third-order valence-corrected chi connectivity index (χ3v) is 3.86. The second-order valence-corrected chi connectivity index (χ2v) is 5.18. The van der Waals surface area contributed by atoms with Crippen molar-refractivity contribution in [3.8, 4) is 0 Å². The lowest BCUT2D eigenvalue weighted by Gasteiger charge is -2.24. The first-order valence-electron chi connectivity index (χ1n) is 6.08. The van der Waals surface area contributed by atoms with Gasteiger partial charge in [-0.15, -0.1) is 0 Å². The van der Waals surface area contributed by atoms with Crippen LogP contribution in [0.4, 0.5) is 11.5 Å². The zero-order chi connectivity index (χ0) is 13.1. The molecule has 0 atom stereocenters. The maximum absolute atomic E-state index is 4.51. The van der Waals surface area contributed by atoms with Crippen molar-refractivity contribution in [3.05, 3.63) is 52.1 Å². The molecule has 0 unspecified atom stereocenters. The lowest BCUT2D eigenvalue weighted by molar-refractivity contribution is 0.978. The Balaban J connectivity index is 2.45. The number of hydrogen-bond donors (Lipinski definition) is 0. The summed E-state index contributed by atoms with van der Waals surface area (Å²) in [7, 11) is 0. The van der Waals surface area contributed by atoms with Gasteiger partial charge in [-0.1, -0.05) is 18.2 Å². The fourth-order valence-electron chi connectivity index (χ4n) is 1.99. The van der Waals surface area contributed by atoms with E-state index < -0.39 is 0 Å². The van der Waals surface area contributed by atoms with Crippen LogP contribution in [0, 0.1) is 13.8 Å². The Hall–Kier alpha value is -1.35. The number of pyridine rings is 1. The van der Waals surface area contributed by atoms with Gasteiger partial charge in [-0.25, -0.2) is 4.98 Å². The number of para-hydroxylation sites is 1. The fourth-order valence-corrected chi connectivity index (χ4v) is 2.21. The first kappa shape index (κ1) is 13.1. The van der Waals surface area contributed by atoms with Gasteiger partial charge in [-0.3, -0.25) is 0 Å². The maximum Gasteiger partial charge on any atom is 0.133 e. The van der Waals surface area contributed by atoms with E-state index in [4.69, 9.17) is 0 Å². The first-order valence-corrected chi connectivity index (χ1v) is 6.88. The molecule has 0 saturated heterocycles. The minimum absolute atomic E-state index is 0.902. The molecular weight excluding hydrogens is 288 g/mol. The third-order valence-electron chi connectivity index (χ3n) is 3.03. The van der Waals surface area contributed by atoms with Gasteiger partial charge >= 0.3 is 0 Å². The molecule has 2 nitrogen and oxygen atoms in total. The highest BCUT2D eigenvalue weighted by Gasteiger charge is 2.11. The van der Waals surface area contributed by atoms with Crippen molar-refractivity contribution in [1.82, 2.24) is 4.98 Å². The van der Waals surface area contributed by atoms with Crippen LogP contribution < -0.4 is 4.90 Å². The van der Waals surface area contributed by atoms with E-state index in [0.29, 0.717) is 0 Å². The zero-order valence-corrected chi connectivity index (χ0v) is 12.5. The number of aryl methyl sites for hydroxylation is 2. The van der Waals surface area contributed by atoms with Gasteiger partial charge in [-0.2, -0.15) is 0 Å². The third kappa shape index (κ3) is 2.56. The van der Waals surface area contributed by atoms with E-state index in [2.05, 4.69) is 76.9 Å². The Bertz CT molecular complexity index is 552. The summed E-state index contributed by atoms with van der Waals surface area (Å²) in [5.41, 5.74) is 3.68. The molecule has 0 N–H and O–H groups in total. The van der Waals surface area contributed by atoms with Crippen LogP contribution in [0.25, 0.3) is 0 Å². The van der Waals surface area contributed by atoms with Gasteiger partial charge in [0.25, 0.3) is 0 Å². The molecule has 0 fully saturated rings. The van der Waals surface area contributed by atoms with Gasteiger partial charge in [0.05, 0.1) is 0 Å². The Labute approximate surface area is 117 Å². The highest BCUT2D eigenvalue weighted by atomic mass is 79.9. The van der Waals surface area contributed by atoms with Crippen LogP contribution >= 0.6 is 15.9 Å². The summed E-state index contributed by atoms with van der Waals surface area (Å²) in [6.45, 7) is 7.26. The lowest BCUT2D eigenvalue weighted by atomic mass is 10.1. The molecule has 1 aromatic heterocycles. The quantitative estimate of drug-likeness (QED) is 0.822. The van der Waals surface area contributed by atoms with E-state index in [9.17, 15) is 0 Å². The summed E-state index contributed by atoms with van der Waals surface area (Å²) < 4.78 is 1.05. The summed E-state index contributed by atoms with van der Waals surface area (Å²) in [5.74, 6) is 0.993. The number of nitrogens with zero attached hydrogens (tertiary/aromatic N) is 2. The molecule has 2 aromatic rings. The molecule has 0 bridgehead atoms. The number of rotatable bonds is 3. The largest absolute Gasteiger partial charge is 0.326 e.